The molecule has 1 unspecified atom stereocenters. The van der Waals surface area contributed by atoms with Gasteiger partial charge in [-0.2, -0.15) is 4.98 Å². The van der Waals surface area contributed by atoms with Crippen LogP contribution in [0.3, 0.4) is 0 Å². The van der Waals surface area contributed by atoms with Gasteiger partial charge in [0.15, 0.2) is 0 Å². The Morgan fingerprint density at radius 2 is 2.13 bits per heavy atom. The van der Waals surface area contributed by atoms with Gasteiger partial charge in [-0.1, -0.05) is 16.8 Å². The first kappa shape index (κ1) is 16.0. The van der Waals surface area contributed by atoms with Crippen LogP contribution in [0.2, 0.25) is 5.02 Å². The number of rotatable bonds is 4. The molecule has 1 atom stereocenters. The molecule has 6 nitrogen and oxygen atoms in total. The molecule has 2 aromatic rings. The quantitative estimate of drug-likeness (QED) is 0.859. The summed E-state index contributed by atoms with van der Waals surface area (Å²) in [6.45, 7) is 1.35. The number of amides is 1. The maximum absolute atomic E-state index is 12.2. The van der Waals surface area contributed by atoms with Gasteiger partial charge in [0.2, 0.25) is 17.6 Å². The van der Waals surface area contributed by atoms with Crippen LogP contribution >= 0.6 is 11.6 Å². The number of benzene rings is 1. The Labute approximate surface area is 140 Å². The molecule has 0 radical (unpaired) electrons. The van der Waals surface area contributed by atoms with Crippen molar-refractivity contribution in [2.24, 2.45) is 0 Å². The normalized spacial score (nSPS) is 18.3. The van der Waals surface area contributed by atoms with Gasteiger partial charge in [0.05, 0.1) is 12.6 Å². The summed E-state index contributed by atoms with van der Waals surface area (Å²) in [6.07, 6.45) is 1.87. The molecular weight excluding hydrogens is 316 g/mol. The molecule has 0 spiro atoms. The summed E-state index contributed by atoms with van der Waals surface area (Å²) in [6, 6.07) is 7.19. The average molecular weight is 335 g/mol. The van der Waals surface area contributed by atoms with E-state index in [0.717, 1.165) is 24.9 Å². The van der Waals surface area contributed by atoms with Crippen molar-refractivity contribution in [3.63, 3.8) is 0 Å². The van der Waals surface area contributed by atoms with Crippen molar-refractivity contribution < 1.29 is 9.32 Å². The molecule has 0 aliphatic carbocycles. The van der Waals surface area contributed by atoms with Crippen molar-refractivity contribution in [3.05, 3.63) is 35.2 Å². The molecule has 0 N–H and O–H groups in total. The van der Waals surface area contributed by atoms with Crippen molar-refractivity contribution in [3.8, 4) is 11.4 Å². The zero-order valence-corrected chi connectivity index (χ0v) is 14.0. The van der Waals surface area contributed by atoms with E-state index in [1.165, 1.54) is 0 Å². The van der Waals surface area contributed by atoms with Gasteiger partial charge in [0.1, 0.15) is 0 Å². The van der Waals surface area contributed by atoms with E-state index in [1.54, 1.807) is 31.1 Å². The highest BCUT2D eigenvalue weighted by Gasteiger charge is 2.32. The van der Waals surface area contributed by atoms with E-state index >= 15 is 0 Å². The summed E-state index contributed by atoms with van der Waals surface area (Å²) in [7, 11) is 3.56. The monoisotopic (exact) mass is 334 g/mol. The topological polar surface area (TPSA) is 62.5 Å². The van der Waals surface area contributed by atoms with Crippen LogP contribution in [0.25, 0.3) is 11.4 Å². The van der Waals surface area contributed by atoms with Gasteiger partial charge in [0, 0.05) is 24.7 Å². The van der Waals surface area contributed by atoms with Crippen LogP contribution in [0.5, 0.6) is 0 Å². The number of carbonyl (C=O) groups excluding carboxylic acids is 1. The van der Waals surface area contributed by atoms with Gasteiger partial charge in [-0.05, 0) is 43.7 Å². The lowest BCUT2D eigenvalue weighted by Gasteiger charge is -2.24. The summed E-state index contributed by atoms with van der Waals surface area (Å²) >= 11 is 5.88. The van der Waals surface area contributed by atoms with Gasteiger partial charge in [-0.15, -0.1) is 0 Å². The lowest BCUT2D eigenvalue weighted by atomic mass is 10.2. The van der Waals surface area contributed by atoms with E-state index in [9.17, 15) is 4.79 Å². The summed E-state index contributed by atoms with van der Waals surface area (Å²) in [5, 5.41) is 4.68. The number of halogens is 1. The van der Waals surface area contributed by atoms with E-state index in [-0.39, 0.29) is 11.9 Å². The number of hydrogen-bond acceptors (Lipinski definition) is 5. The van der Waals surface area contributed by atoms with Crippen LogP contribution in [0.4, 0.5) is 0 Å². The van der Waals surface area contributed by atoms with Crippen molar-refractivity contribution in [2.45, 2.75) is 25.4 Å². The van der Waals surface area contributed by atoms with Crippen LogP contribution in [-0.2, 0) is 11.3 Å². The van der Waals surface area contributed by atoms with E-state index in [2.05, 4.69) is 15.0 Å². The molecule has 122 valence electrons. The number of carbonyl (C=O) groups is 1. The zero-order chi connectivity index (χ0) is 16.4. The average Bonchev–Trinajstić information content (AvgIpc) is 3.17. The summed E-state index contributed by atoms with van der Waals surface area (Å²) in [4.78, 5) is 20.4. The number of aromatic nitrogens is 2. The van der Waals surface area contributed by atoms with Gasteiger partial charge in [0.25, 0.3) is 0 Å². The highest BCUT2D eigenvalue weighted by molar-refractivity contribution is 6.30. The summed E-state index contributed by atoms with van der Waals surface area (Å²) in [5.41, 5.74) is 0.853. The third kappa shape index (κ3) is 3.54. The molecular formula is C16H19ClN4O2. The molecule has 1 fully saturated rings. The third-order valence-electron chi connectivity index (χ3n) is 4.00. The fourth-order valence-corrected chi connectivity index (χ4v) is 2.93. The lowest BCUT2D eigenvalue weighted by Crippen LogP contribution is -2.42. The third-order valence-corrected chi connectivity index (χ3v) is 4.25. The van der Waals surface area contributed by atoms with Crippen molar-refractivity contribution in [1.29, 1.82) is 0 Å². The minimum atomic E-state index is -0.101. The Morgan fingerprint density at radius 1 is 1.39 bits per heavy atom. The maximum Gasteiger partial charge on any atom is 0.241 e. The number of hydrogen-bond donors (Lipinski definition) is 0. The molecule has 23 heavy (non-hydrogen) atoms. The van der Waals surface area contributed by atoms with Gasteiger partial charge < -0.3 is 9.42 Å². The van der Waals surface area contributed by atoms with Crippen molar-refractivity contribution in [1.82, 2.24) is 19.9 Å². The first-order valence-corrected chi connectivity index (χ1v) is 7.96. The molecule has 2 heterocycles. The molecule has 1 saturated heterocycles. The predicted molar refractivity (Wildman–Crippen MR) is 86.9 cm³/mol. The molecule has 1 aromatic heterocycles. The number of likely N-dealkylation sites (tertiary alicyclic amines) is 1. The fourth-order valence-electron chi connectivity index (χ4n) is 2.80. The number of nitrogens with zero attached hydrogens (tertiary/aromatic N) is 4. The molecule has 3 rings (SSSR count). The summed E-state index contributed by atoms with van der Waals surface area (Å²) < 4.78 is 5.34. The second-order valence-electron chi connectivity index (χ2n) is 5.88. The Kier molecular flexibility index (Phi) is 4.63. The fraction of sp³-hybridized carbons (Fsp3) is 0.438. The van der Waals surface area contributed by atoms with E-state index < -0.39 is 0 Å². The summed E-state index contributed by atoms with van der Waals surface area (Å²) in [5.74, 6) is 1.18. The van der Waals surface area contributed by atoms with Crippen LogP contribution in [0.15, 0.2) is 28.8 Å². The second-order valence-corrected chi connectivity index (χ2v) is 6.32. The van der Waals surface area contributed by atoms with E-state index in [0.29, 0.717) is 23.3 Å². The lowest BCUT2D eigenvalue weighted by molar-refractivity contribution is -0.133. The Morgan fingerprint density at radius 3 is 2.83 bits per heavy atom. The van der Waals surface area contributed by atoms with Crippen molar-refractivity contribution in [2.75, 3.05) is 20.6 Å². The van der Waals surface area contributed by atoms with Crippen LogP contribution in [0, 0.1) is 0 Å². The molecule has 1 amide bonds. The van der Waals surface area contributed by atoms with Gasteiger partial charge >= 0.3 is 0 Å². The van der Waals surface area contributed by atoms with Crippen LogP contribution in [-0.4, -0.2) is 52.5 Å². The van der Waals surface area contributed by atoms with Crippen molar-refractivity contribution >= 4 is 17.5 Å². The smallest absolute Gasteiger partial charge is 0.241 e. The van der Waals surface area contributed by atoms with Gasteiger partial charge in [-0.25, -0.2) is 0 Å². The predicted octanol–water partition coefficient (Wildman–Crippen LogP) is 2.44. The van der Waals surface area contributed by atoms with Crippen LogP contribution < -0.4 is 0 Å². The highest BCUT2D eigenvalue weighted by Crippen LogP contribution is 2.23. The molecule has 1 aliphatic rings. The first-order chi connectivity index (χ1) is 11.0. The highest BCUT2D eigenvalue weighted by atomic mass is 35.5. The van der Waals surface area contributed by atoms with Gasteiger partial charge in [-0.3, -0.25) is 9.69 Å². The number of likely N-dealkylation sites (N-methyl/N-ethyl adjacent to an activating group) is 1. The van der Waals surface area contributed by atoms with Crippen LogP contribution in [0.1, 0.15) is 18.7 Å². The van der Waals surface area contributed by atoms with E-state index in [1.807, 2.05) is 12.1 Å². The molecule has 7 heteroatoms. The molecule has 1 aromatic carbocycles. The maximum atomic E-state index is 12.2. The standard InChI is InChI=1S/C16H19ClN4O2/c1-20(2)16(22)13-4-3-9-21(13)10-14-18-15(19-23-14)11-5-7-12(17)8-6-11/h5-8,13H,3-4,9-10H2,1-2H3. The molecule has 0 saturated carbocycles. The molecule has 1 aliphatic heterocycles. The minimum absolute atomic E-state index is 0.101. The minimum Gasteiger partial charge on any atom is -0.347 e. The zero-order valence-electron chi connectivity index (χ0n) is 13.2. The second kappa shape index (κ2) is 6.68. The molecule has 0 bridgehead atoms. The largest absolute Gasteiger partial charge is 0.347 e. The Bertz CT molecular complexity index is 684. The Hall–Kier alpha value is -1.92. The Balaban J connectivity index is 1.71. The SMILES string of the molecule is CN(C)C(=O)C1CCCN1Cc1nc(-c2ccc(Cl)cc2)no1. The van der Waals surface area contributed by atoms with E-state index in [4.69, 9.17) is 16.1 Å². The first-order valence-electron chi connectivity index (χ1n) is 7.58.